The van der Waals surface area contributed by atoms with Crippen molar-refractivity contribution in [3.8, 4) is 0 Å². The molecule has 0 saturated carbocycles. The second-order valence-electron chi connectivity index (χ2n) is 2.71. The van der Waals surface area contributed by atoms with Crippen LogP contribution >= 0.6 is 11.3 Å². The Morgan fingerprint density at radius 2 is 2.36 bits per heavy atom. The molecular formula is C10H10S. The molecule has 1 aromatic heterocycles. The molecule has 0 spiro atoms. The van der Waals surface area contributed by atoms with E-state index in [-0.39, 0.29) is 0 Å². The van der Waals surface area contributed by atoms with E-state index in [2.05, 4.69) is 37.3 Å². The van der Waals surface area contributed by atoms with E-state index in [4.69, 9.17) is 0 Å². The number of aryl methyl sites for hydroxylation is 1. The topological polar surface area (TPSA) is 0 Å². The van der Waals surface area contributed by atoms with Gasteiger partial charge < -0.3 is 0 Å². The Kier molecular flexibility index (Phi) is 1.66. The van der Waals surface area contributed by atoms with Crippen LogP contribution in [0, 0.1) is 6.92 Å². The van der Waals surface area contributed by atoms with E-state index >= 15 is 0 Å². The van der Waals surface area contributed by atoms with Gasteiger partial charge in [-0.15, -0.1) is 11.3 Å². The van der Waals surface area contributed by atoms with Crippen molar-refractivity contribution in [2.24, 2.45) is 0 Å². The van der Waals surface area contributed by atoms with Crippen molar-refractivity contribution >= 4 is 23.5 Å². The Labute approximate surface area is 70.2 Å². The van der Waals surface area contributed by atoms with E-state index in [1.807, 2.05) is 11.3 Å². The van der Waals surface area contributed by atoms with E-state index in [0.717, 1.165) is 6.42 Å². The van der Waals surface area contributed by atoms with Crippen molar-refractivity contribution in [1.82, 2.24) is 0 Å². The Bertz CT molecular complexity index is 393. The van der Waals surface area contributed by atoms with Crippen molar-refractivity contribution < 1.29 is 0 Å². The summed E-state index contributed by atoms with van der Waals surface area (Å²) in [6.07, 6.45) is 9.86. The van der Waals surface area contributed by atoms with Crippen LogP contribution in [0.4, 0.5) is 0 Å². The van der Waals surface area contributed by atoms with E-state index in [1.54, 1.807) is 0 Å². The molecule has 2 rings (SSSR count). The molecule has 0 nitrogen and oxygen atoms in total. The average Bonchev–Trinajstić information content (AvgIpc) is 2.17. The molecule has 1 aliphatic carbocycles. The fraction of sp³-hybridized carbons (Fsp3) is 0.200. The van der Waals surface area contributed by atoms with Gasteiger partial charge in [0.2, 0.25) is 0 Å². The molecule has 0 atom stereocenters. The van der Waals surface area contributed by atoms with Crippen LogP contribution in [0.15, 0.2) is 18.2 Å². The zero-order valence-corrected chi connectivity index (χ0v) is 7.32. The third-order valence-electron chi connectivity index (χ3n) is 1.77. The van der Waals surface area contributed by atoms with E-state index in [1.165, 1.54) is 14.6 Å². The van der Waals surface area contributed by atoms with Gasteiger partial charge in [-0.1, -0.05) is 24.3 Å². The molecule has 0 aliphatic heterocycles. The lowest BCUT2D eigenvalue weighted by molar-refractivity contribution is 1.50. The SMILES string of the molecule is Cc1cc2c(s1)=CCC=CC=2. The van der Waals surface area contributed by atoms with Gasteiger partial charge in [-0.3, -0.25) is 0 Å². The minimum Gasteiger partial charge on any atom is -0.141 e. The molecule has 1 aliphatic rings. The predicted molar refractivity (Wildman–Crippen MR) is 51.0 cm³/mol. The first-order valence-corrected chi connectivity index (χ1v) is 4.61. The van der Waals surface area contributed by atoms with E-state index in [0.29, 0.717) is 0 Å². The quantitative estimate of drug-likeness (QED) is 0.543. The van der Waals surface area contributed by atoms with Gasteiger partial charge in [-0.05, 0) is 24.6 Å². The lowest BCUT2D eigenvalue weighted by atomic mass is 10.3. The Morgan fingerprint density at radius 3 is 3.27 bits per heavy atom. The molecule has 1 heterocycles. The summed E-state index contributed by atoms with van der Waals surface area (Å²) >= 11 is 1.88. The van der Waals surface area contributed by atoms with Crippen LogP contribution in [0.3, 0.4) is 0 Å². The maximum absolute atomic E-state index is 2.28. The highest BCUT2D eigenvalue weighted by molar-refractivity contribution is 7.09. The molecule has 11 heavy (non-hydrogen) atoms. The maximum Gasteiger partial charge on any atom is 0.0308 e. The molecule has 0 unspecified atom stereocenters. The highest BCUT2D eigenvalue weighted by atomic mass is 32.1. The first kappa shape index (κ1) is 6.86. The van der Waals surface area contributed by atoms with Crippen LogP contribution in [0.5, 0.6) is 0 Å². The number of rotatable bonds is 0. The highest BCUT2D eigenvalue weighted by Gasteiger charge is 1.92. The van der Waals surface area contributed by atoms with Gasteiger partial charge in [0.05, 0.1) is 0 Å². The summed E-state index contributed by atoms with van der Waals surface area (Å²) in [5, 5.41) is 1.38. The smallest absolute Gasteiger partial charge is 0.0308 e. The Balaban J connectivity index is 2.79. The van der Waals surface area contributed by atoms with Crippen molar-refractivity contribution in [2.45, 2.75) is 13.3 Å². The standard InChI is InChI=1S/C10H10S/c1-8-7-9-5-3-2-4-6-10(9)11-8/h2-3,5-7H,4H2,1H3. The Hall–Kier alpha value is -0.820. The summed E-state index contributed by atoms with van der Waals surface area (Å²) in [5.41, 5.74) is 0. The van der Waals surface area contributed by atoms with Crippen molar-refractivity contribution in [3.05, 3.63) is 32.8 Å². The Morgan fingerprint density at radius 1 is 1.45 bits per heavy atom. The summed E-state index contributed by atoms with van der Waals surface area (Å²) in [5.74, 6) is 0. The summed E-state index contributed by atoms with van der Waals surface area (Å²) in [6, 6.07) is 2.24. The van der Waals surface area contributed by atoms with Crippen molar-refractivity contribution in [2.75, 3.05) is 0 Å². The van der Waals surface area contributed by atoms with Crippen LogP contribution in [-0.4, -0.2) is 0 Å². The predicted octanol–water partition coefficient (Wildman–Crippen LogP) is 1.58. The summed E-state index contributed by atoms with van der Waals surface area (Å²) in [4.78, 5) is 1.40. The van der Waals surface area contributed by atoms with Gasteiger partial charge in [0.1, 0.15) is 0 Å². The molecule has 0 fully saturated rings. The second kappa shape index (κ2) is 2.67. The van der Waals surface area contributed by atoms with Crippen LogP contribution < -0.4 is 9.75 Å². The van der Waals surface area contributed by atoms with Crippen molar-refractivity contribution in [3.63, 3.8) is 0 Å². The second-order valence-corrected chi connectivity index (χ2v) is 4.00. The number of hydrogen-bond acceptors (Lipinski definition) is 1. The lowest BCUT2D eigenvalue weighted by Crippen LogP contribution is -2.15. The number of allylic oxidation sites excluding steroid dienone is 2. The molecule has 0 aromatic carbocycles. The molecule has 0 saturated heterocycles. The van der Waals surface area contributed by atoms with Crippen LogP contribution in [-0.2, 0) is 0 Å². The van der Waals surface area contributed by atoms with Gasteiger partial charge >= 0.3 is 0 Å². The fourth-order valence-electron chi connectivity index (χ4n) is 1.27. The molecule has 56 valence electrons. The molecule has 0 radical (unpaired) electrons. The highest BCUT2D eigenvalue weighted by Crippen LogP contribution is 1.98. The third-order valence-corrected chi connectivity index (χ3v) is 2.83. The molecular weight excluding hydrogens is 152 g/mol. The van der Waals surface area contributed by atoms with Gasteiger partial charge in [0.25, 0.3) is 0 Å². The monoisotopic (exact) mass is 162 g/mol. The summed E-state index contributed by atoms with van der Waals surface area (Å²) in [7, 11) is 0. The van der Waals surface area contributed by atoms with Gasteiger partial charge in [-0.25, -0.2) is 0 Å². The van der Waals surface area contributed by atoms with E-state index in [9.17, 15) is 0 Å². The summed E-state index contributed by atoms with van der Waals surface area (Å²) in [6.45, 7) is 2.16. The third kappa shape index (κ3) is 1.29. The first-order chi connectivity index (χ1) is 5.36. The van der Waals surface area contributed by atoms with Gasteiger partial charge in [-0.2, -0.15) is 0 Å². The number of fused-ring (bicyclic) bond motifs is 1. The zero-order valence-electron chi connectivity index (χ0n) is 6.50. The maximum atomic E-state index is 2.28. The summed E-state index contributed by atoms with van der Waals surface area (Å²) < 4.78 is 1.42. The molecule has 0 bridgehead atoms. The average molecular weight is 162 g/mol. The molecule has 1 heteroatoms. The van der Waals surface area contributed by atoms with Gasteiger partial charge in [0, 0.05) is 9.41 Å². The minimum absolute atomic E-state index is 1.07. The number of thiophene rings is 1. The van der Waals surface area contributed by atoms with Crippen LogP contribution in [0.25, 0.3) is 12.2 Å². The largest absolute Gasteiger partial charge is 0.141 e. The molecule has 0 amide bonds. The zero-order chi connectivity index (χ0) is 7.68. The normalized spacial score (nSPS) is 14.6. The minimum atomic E-state index is 1.07. The number of hydrogen-bond donors (Lipinski definition) is 0. The lowest BCUT2D eigenvalue weighted by Gasteiger charge is -1.75. The van der Waals surface area contributed by atoms with Gasteiger partial charge in [0.15, 0.2) is 0 Å². The van der Waals surface area contributed by atoms with Crippen molar-refractivity contribution in [1.29, 1.82) is 0 Å². The van der Waals surface area contributed by atoms with Crippen LogP contribution in [0.1, 0.15) is 11.3 Å². The van der Waals surface area contributed by atoms with E-state index < -0.39 is 0 Å². The molecule has 0 N–H and O–H groups in total. The molecule has 1 aromatic rings. The van der Waals surface area contributed by atoms with Crippen LogP contribution in [0.2, 0.25) is 0 Å². The fourth-order valence-corrected chi connectivity index (χ4v) is 2.22. The first-order valence-electron chi connectivity index (χ1n) is 3.80.